The Kier molecular flexibility index (Phi) is 7.20. The van der Waals surface area contributed by atoms with Crippen LogP contribution in [0.25, 0.3) is 0 Å². The van der Waals surface area contributed by atoms with Gasteiger partial charge >= 0.3 is 0 Å². The van der Waals surface area contributed by atoms with E-state index in [2.05, 4.69) is 32.6 Å². The van der Waals surface area contributed by atoms with Gasteiger partial charge in [0.05, 0.1) is 10.8 Å². The highest BCUT2D eigenvalue weighted by Crippen LogP contribution is 2.64. The topological polar surface area (TPSA) is 98.8 Å². The first kappa shape index (κ1) is 34.7. The van der Waals surface area contributed by atoms with Gasteiger partial charge in [0.2, 0.25) is 0 Å². The fourth-order valence-electron chi connectivity index (χ4n) is 12.2. The van der Waals surface area contributed by atoms with Gasteiger partial charge in [-0.3, -0.25) is 29.0 Å². The van der Waals surface area contributed by atoms with E-state index in [-0.39, 0.29) is 23.4 Å². The van der Waals surface area contributed by atoms with Gasteiger partial charge in [-0.15, -0.1) is 0 Å². The van der Waals surface area contributed by atoms with E-state index in [1.165, 1.54) is 0 Å². The second kappa shape index (κ2) is 12.0. The summed E-state index contributed by atoms with van der Waals surface area (Å²) < 4.78 is 0. The maximum absolute atomic E-state index is 13.8. The maximum atomic E-state index is 13.8. The Morgan fingerprint density at radius 2 is 0.672 bits per heavy atom. The van der Waals surface area contributed by atoms with Crippen molar-refractivity contribution in [1.29, 1.82) is 0 Å². The van der Waals surface area contributed by atoms with Crippen LogP contribution in [-0.2, 0) is 31.5 Å². The fourth-order valence-corrected chi connectivity index (χ4v) is 12.2. The summed E-state index contributed by atoms with van der Waals surface area (Å²) in [5.41, 5.74) is 7.32. The number of rotatable bonds is 0. The third kappa shape index (κ3) is 3.87. The molecule has 8 nitrogen and oxygen atoms in total. The second-order valence-corrected chi connectivity index (χ2v) is 16.4. The van der Waals surface area contributed by atoms with Gasteiger partial charge in [0.25, 0.3) is 11.8 Å². The minimum Gasteiger partial charge on any atom is -0.324 e. The van der Waals surface area contributed by atoms with Gasteiger partial charge in [-0.25, -0.2) is 0 Å². The molecule has 2 fully saturated rings. The number of likely N-dealkylation sites (tertiary alicyclic amines) is 2. The number of carbonyl (C=O) groups is 4. The van der Waals surface area contributed by atoms with E-state index in [9.17, 15) is 19.2 Å². The van der Waals surface area contributed by atoms with Crippen LogP contribution in [0.3, 0.4) is 0 Å². The van der Waals surface area contributed by atoms with Crippen molar-refractivity contribution in [3.05, 3.63) is 201 Å². The molecule has 0 bridgehead atoms. The number of para-hydroxylation sites is 2. The molecule has 0 aromatic heterocycles. The average Bonchev–Trinajstić information content (AvgIpc) is 3.96. The molecule has 2 aliphatic carbocycles. The van der Waals surface area contributed by atoms with E-state index in [0.717, 1.165) is 70.7 Å². The molecule has 2 saturated heterocycles. The smallest absolute Gasteiger partial charge is 0.250 e. The summed E-state index contributed by atoms with van der Waals surface area (Å²) in [5.74, 6) is 0.0479. The third-order valence-electron chi connectivity index (χ3n) is 14.3. The Bertz CT molecular complexity index is 2520. The van der Waals surface area contributed by atoms with Crippen LogP contribution in [0.15, 0.2) is 146 Å². The molecule has 58 heavy (non-hydrogen) atoms. The summed E-state index contributed by atoms with van der Waals surface area (Å²) in [7, 11) is 4.05. The molecule has 6 aromatic carbocycles. The van der Waals surface area contributed by atoms with Crippen molar-refractivity contribution < 1.29 is 19.2 Å². The summed E-state index contributed by atoms with van der Waals surface area (Å²) in [6.45, 7) is 1.53. The lowest BCUT2D eigenvalue weighted by Gasteiger charge is -2.48. The Morgan fingerprint density at radius 1 is 0.397 bits per heavy atom. The predicted molar refractivity (Wildman–Crippen MR) is 222 cm³/mol. The highest BCUT2D eigenvalue weighted by atomic mass is 16.2. The summed E-state index contributed by atoms with van der Waals surface area (Å²) >= 11 is 0. The Labute approximate surface area is 336 Å². The zero-order chi connectivity index (χ0) is 39.6. The molecular formula is C50H40N4O4. The van der Waals surface area contributed by atoms with Crippen LogP contribution in [-0.4, -0.2) is 60.4 Å². The fraction of sp³-hybridized carbons (Fsp3) is 0.200. The summed E-state index contributed by atoms with van der Waals surface area (Å²) in [6, 6.07) is 47.2. The number of nitrogens with zero attached hydrogens (tertiary/aromatic N) is 2. The molecule has 6 aliphatic rings. The molecule has 4 heterocycles. The molecule has 8 heteroatoms. The van der Waals surface area contributed by atoms with E-state index in [1.807, 2.05) is 148 Å². The number of likely N-dealkylation sites (N-methyl/N-ethyl adjacent to an activating group) is 2. The largest absolute Gasteiger partial charge is 0.324 e. The molecule has 2 N–H and O–H groups in total. The normalized spacial score (nSPS) is 23.8. The third-order valence-corrected chi connectivity index (χ3v) is 14.3. The van der Waals surface area contributed by atoms with Crippen molar-refractivity contribution in [3.8, 4) is 0 Å². The monoisotopic (exact) mass is 760 g/mol. The zero-order valence-corrected chi connectivity index (χ0v) is 32.2. The van der Waals surface area contributed by atoms with Gasteiger partial charge in [0.1, 0.15) is 11.1 Å². The number of benzene rings is 6. The number of carbonyl (C=O) groups excluding carboxylic acids is 4. The Morgan fingerprint density at radius 3 is 1.00 bits per heavy atom. The van der Waals surface area contributed by atoms with Gasteiger partial charge in [-0.05, 0) is 61.3 Å². The van der Waals surface area contributed by atoms with Crippen molar-refractivity contribution in [2.75, 3.05) is 37.8 Å². The van der Waals surface area contributed by atoms with E-state index >= 15 is 0 Å². The number of hydrogen-bond acceptors (Lipinski definition) is 6. The number of anilines is 2. The minimum absolute atomic E-state index is 0.0161. The standard InChI is InChI=1S/2C25H20N2O2/c2*1-27-15-14-24(25(27)20-12-6-7-13-21(20)26-23(25)29)18-10-4-2-8-16(18)22(28)17-9-3-5-11-19(17)24/h2*2-13H,14-15H2,1H3,(H,26,29)/t2*25-/m10/s1. The first-order valence-corrected chi connectivity index (χ1v) is 20.0. The van der Waals surface area contributed by atoms with Crippen LogP contribution in [0.4, 0.5) is 11.4 Å². The molecule has 12 rings (SSSR count). The highest BCUT2D eigenvalue weighted by Gasteiger charge is 2.71. The van der Waals surface area contributed by atoms with E-state index in [4.69, 9.17) is 0 Å². The van der Waals surface area contributed by atoms with Crippen LogP contribution in [0.1, 0.15) is 78.1 Å². The molecule has 0 unspecified atom stereocenters. The molecule has 4 aliphatic heterocycles. The predicted octanol–water partition coefficient (Wildman–Crippen LogP) is 7.40. The lowest BCUT2D eigenvalue weighted by molar-refractivity contribution is -0.128. The second-order valence-electron chi connectivity index (χ2n) is 16.4. The van der Waals surface area contributed by atoms with Crippen LogP contribution in [0.5, 0.6) is 0 Å². The number of ketones is 2. The van der Waals surface area contributed by atoms with Crippen LogP contribution >= 0.6 is 0 Å². The molecule has 284 valence electrons. The Balaban J connectivity index is 0.000000133. The van der Waals surface area contributed by atoms with Gasteiger partial charge in [-0.1, -0.05) is 133 Å². The molecule has 4 spiro atoms. The van der Waals surface area contributed by atoms with E-state index < -0.39 is 21.9 Å². The summed E-state index contributed by atoms with van der Waals surface area (Å²) in [4.78, 5) is 58.7. The summed E-state index contributed by atoms with van der Waals surface area (Å²) in [6.07, 6.45) is 1.54. The van der Waals surface area contributed by atoms with Gasteiger partial charge < -0.3 is 10.6 Å². The van der Waals surface area contributed by atoms with Gasteiger partial charge in [0, 0.05) is 57.8 Å². The number of amides is 2. The van der Waals surface area contributed by atoms with Crippen LogP contribution in [0.2, 0.25) is 0 Å². The molecular weight excluding hydrogens is 721 g/mol. The molecule has 0 radical (unpaired) electrons. The number of nitrogens with one attached hydrogen (secondary N) is 2. The van der Waals surface area contributed by atoms with Crippen LogP contribution < -0.4 is 10.6 Å². The van der Waals surface area contributed by atoms with Gasteiger partial charge in [0.15, 0.2) is 11.6 Å². The Hall–Kier alpha value is -6.48. The zero-order valence-electron chi connectivity index (χ0n) is 32.2. The first-order valence-electron chi connectivity index (χ1n) is 20.0. The van der Waals surface area contributed by atoms with Crippen molar-refractivity contribution in [2.24, 2.45) is 0 Å². The van der Waals surface area contributed by atoms with Crippen molar-refractivity contribution in [2.45, 2.75) is 34.7 Å². The van der Waals surface area contributed by atoms with E-state index in [1.54, 1.807) is 0 Å². The lowest BCUT2D eigenvalue weighted by Crippen LogP contribution is -2.59. The summed E-state index contributed by atoms with van der Waals surface area (Å²) in [5, 5.41) is 6.28. The molecule has 2 amide bonds. The molecule has 0 saturated carbocycles. The molecule has 2 atom stereocenters. The van der Waals surface area contributed by atoms with Crippen LogP contribution in [0, 0.1) is 0 Å². The number of fused-ring (bicyclic) bond motifs is 14. The van der Waals surface area contributed by atoms with Gasteiger partial charge in [-0.2, -0.15) is 0 Å². The maximum Gasteiger partial charge on any atom is 0.250 e. The lowest BCUT2D eigenvalue weighted by atomic mass is 9.55. The van der Waals surface area contributed by atoms with Crippen molar-refractivity contribution in [3.63, 3.8) is 0 Å². The quantitative estimate of drug-likeness (QED) is 0.168. The first-order chi connectivity index (χ1) is 28.2. The SMILES string of the molecule is CN1CCC2(c3ccccc3C(=O)c3ccccc32)[C@@]12C(=O)Nc1ccccc12.CN1CCC2(c3ccccc3C(=O)c3ccccc32)[C@]12C(=O)Nc1ccccc12. The highest BCUT2D eigenvalue weighted by molar-refractivity contribution is 6.17. The van der Waals surface area contributed by atoms with E-state index in [0.29, 0.717) is 22.3 Å². The van der Waals surface area contributed by atoms with Crippen molar-refractivity contribution in [1.82, 2.24) is 9.80 Å². The average molecular weight is 761 g/mol. The van der Waals surface area contributed by atoms with Crippen molar-refractivity contribution >= 4 is 34.8 Å². The molecule has 6 aromatic rings. The number of hydrogen-bond donors (Lipinski definition) is 2. The minimum atomic E-state index is -0.892.